The van der Waals surface area contributed by atoms with Crippen molar-refractivity contribution in [3.63, 3.8) is 0 Å². The first-order valence-electron chi connectivity index (χ1n) is 23.2. The van der Waals surface area contributed by atoms with Crippen molar-refractivity contribution in [3.05, 3.63) is 249 Å². The van der Waals surface area contributed by atoms with E-state index in [1.54, 1.807) is 0 Å². The van der Waals surface area contributed by atoms with Crippen molar-refractivity contribution in [2.45, 2.75) is 0 Å². The second-order valence-electron chi connectivity index (χ2n) is 17.9. The van der Waals surface area contributed by atoms with Gasteiger partial charge < -0.3 is 4.57 Å². The lowest BCUT2D eigenvalue weighted by Gasteiger charge is -2.21. The Morgan fingerprint density at radius 2 is 0.537 bits per heavy atom. The molecule has 0 unspecified atom stereocenters. The van der Waals surface area contributed by atoms with Crippen LogP contribution in [-0.4, -0.2) is 4.57 Å². The van der Waals surface area contributed by atoms with Crippen LogP contribution in [0.15, 0.2) is 249 Å². The van der Waals surface area contributed by atoms with E-state index in [0.717, 1.165) is 5.69 Å². The second kappa shape index (κ2) is 14.9. The van der Waals surface area contributed by atoms with Crippen LogP contribution in [0.25, 0.3) is 137 Å². The van der Waals surface area contributed by atoms with Crippen molar-refractivity contribution >= 4 is 86.4 Å². The molecule has 14 aromatic rings. The fourth-order valence-electron chi connectivity index (χ4n) is 11.4. The van der Waals surface area contributed by atoms with Crippen LogP contribution in [0.3, 0.4) is 0 Å². The van der Waals surface area contributed by atoms with Gasteiger partial charge in [-0.3, -0.25) is 0 Å². The van der Waals surface area contributed by atoms with Gasteiger partial charge in [0, 0.05) is 16.5 Å². The molecular weight excluding hydrogens is 807 g/mol. The van der Waals surface area contributed by atoms with Crippen LogP contribution in [0, 0.1) is 0 Å². The highest BCUT2D eigenvalue weighted by molar-refractivity contribution is 6.25. The van der Waals surface area contributed by atoms with Crippen molar-refractivity contribution in [1.82, 2.24) is 4.57 Å². The van der Waals surface area contributed by atoms with E-state index in [4.69, 9.17) is 0 Å². The predicted octanol–water partition coefficient (Wildman–Crippen LogP) is 18.4. The van der Waals surface area contributed by atoms with E-state index in [-0.39, 0.29) is 0 Å². The monoisotopic (exact) mass is 847 g/mol. The zero-order chi connectivity index (χ0) is 44.0. The van der Waals surface area contributed by atoms with Gasteiger partial charge in [-0.25, -0.2) is 0 Å². The van der Waals surface area contributed by atoms with Crippen LogP contribution >= 0.6 is 0 Å². The van der Waals surface area contributed by atoms with E-state index in [1.807, 2.05) is 0 Å². The summed E-state index contributed by atoms with van der Waals surface area (Å²) in [7, 11) is 0. The van der Waals surface area contributed by atoms with E-state index >= 15 is 0 Å². The number of benzene rings is 13. The molecule has 1 heterocycles. The summed E-state index contributed by atoms with van der Waals surface area (Å²) in [4.78, 5) is 0. The van der Waals surface area contributed by atoms with Crippen LogP contribution in [0.5, 0.6) is 0 Å². The highest BCUT2D eigenvalue weighted by atomic mass is 15.0. The number of rotatable bonds is 5. The maximum atomic E-state index is 2.49. The second-order valence-corrected chi connectivity index (χ2v) is 17.9. The Morgan fingerprint density at radius 1 is 0.194 bits per heavy atom. The van der Waals surface area contributed by atoms with Gasteiger partial charge in [0.15, 0.2) is 0 Å². The molecule has 1 nitrogen and oxygen atoms in total. The van der Waals surface area contributed by atoms with Crippen molar-refractivity contribution < 1.29 is 0 Å². The average Bonchev–Trinajstić information content (AvgIpc) is 3.73. The van der Waals surface area contributed by atoms with Crippen LogP contribution in [0.2, 0.25) is 0 Å². The number of hydrogen-bond donors (Lipinski definition) is 0. The lowest BCUT2D eigenvalue weighted by Crippen LogP contribution is -1.96. The van der Waals surface area contributed by atoms with Crippen LogP contribution in [0.1, 0.15) is 0 Å². The Hall–Kier alpha value is -8.78. The zero-order valence-electron chi connectivity index (χ0n) is 36.6. The molecule has 14 rings (SSSR count). The number of nitrogens with zero attached hydrogens (tertiary/aromatic N) is 1. The smallest absolute Gasteiger partial charge is 0.0541 e. The molecule has 0 N–H and O–H groups in total. The van der Waals surface area contributed by atoms with Crippen molar-refractivity contribution in [1.29, 1.82) is 0 Å². The quantitative estimate of drug-likeness (QED) is 0.152. The number of para-hydroxylation sites is 2. The minimum Gasteiger partial charge on any atom is -0.309 e. The maximum absolute atomic E-state index is 2.49. The third kappa shape index (κ3) is 5.81. The van der Waals surface area contributed by atoms with E-state index in [0.29, 0.717) is 0 Å². The van der Waals surface area contributed by atoms with Gasteiger partial charge in [0.2, 0.25) is 0 Å². The first-order chi connectivity index (χ1) is 33.2. The van der Waals surface area contributed by atoms with Gasteiger partial charge in [-0.1, -0.05) is 206 Å². The lowest BCUT2D eigenvalue weighted by molar-refractivity contribution is 1.18. The molecule has 0 aliphatic heterocycles. The fraction of sp³-hybridized carbons (Fsp3) is 0. The highest BCUT2D eigenvalue weighted by Crippen LogP contribution is 2.49. The Morgan fingerprint density at radius 3 is 1.01 bits per heavy atom. The molecule has 0 spiro atoms. The molecule has 0 bridgehead atoms. The summed E-state index contributed by atoms with van der Waals surface area (Å²) in [6.07, 6.45) is 0. The Balaban J connectivity index is 1.05. The van der Waals surface area contributed by atoms with E-state index in [9.17, 15) is 0 Å². The normalized spacial score (nSPS) is 11.9. The summed E-state index contributed by atoms with van der Waals surface area (Å²) in [6, 6.07) is 92.4. The molecular formula is C66H41N. The van der Waals surface area contributed by atoms with Crippen molar-refractivity contribution in [3.8, 4) is 50.2 Å². The summed E-state index contributed by atoms with van der Waals surface area (Å²) < 4.78 is 2.42. The third-order valence-corrected chi connectivity index (χ3v) is 14.3. The van der Waals surface area contributed by atoms with Crippen LogP contribution in [0.4, 0.5) is 0 Å². The Bertz CT molecular complexity index is 4230. The summed E-state index contributed by atoms with van der Waals surface area (Å²) >= 11 is 0. The maximum Gasteiger partial charge on any atom is 0.0541 e. The average molecular weight is 848 g/mol. The number of aromatic nitrogens is 1. The standard InChI is InChI=1S/C66H41N/c1-3-18-44-38-47(34-32-42(44)16-1)64-57-28-9-10-29-58(57)66(48-35-33-43-17-2-4-19-45(43)39-48)60-41-49(36-37-59(60)64)65-55-26-7-5-24-53(55)63(54-25-6-8-27-56(54)65)46-20-15-21-50(40-46)67-61-30-13-11-22-51(61)52-23-12-14-31-62(52)67/h1-41H. The minimum absolute atomic E-state index is 1.15. The summed E-state index contributed by atoms with van der Waals surface area (Å²) in [5, 5.41) is 17.4. The number of fused-ring (bicyclic) bond motifs is 9. The van der Waals surface area contributed by atoms with Gasteiger partial charge in [0.05, 0.1) is 11.0 Å². The van der Waals surface area contributed by atoms with Gasteiger partial charge in [-0.05, 0) is 152 Å². The predicted molar refractivity (Wildman–Crippen MR) is 288 cm³/mol. The first-order valence-corrected chi connectivity index (χ1v) is 23.2. The van der Waals surface area contributed by atoms with Crippen LogP contribution in [-0.2, 0) is 0 Å². The fourth-order valence-corrected chi connectivity index (χ4v) is 11.4. The van der Waals surface area contributed by atoms with Crippen molar-refractivity contribution in [2.75, 3.05) is 0 Å². The molecule has 67 heavy (non-hydrogen) atoms. The molecule has 0 radical (unpaired) electrons. The molecule has 1 heteroatoms. The molecule has 13 aromatic carbocycles. The van der Waals surface area contributed by atoms with E-state index in [1.165, 1.54) is 131 Å². The zero-order valence-corrected chi connectivity index (χ0v) is 36.6. The topological polar surface area (TPSA) is 4.93 Å². The Kier molecular flexibility index (Phi) is 8.35. The Labute approximate surface area is 388 Å². The largest absolute Gasteiger partial charge is 0.309 e. The molecule has 0 saturated heterocycles. The molecule has 0 amide bonds. The molecule has 310 valence electrons. The van der Waals surface area contributed by atoms with Gasteiger partial charge in [-0.15, -0.1) is 0 Å². The molecule has 0 aliphatic rings. The molecule has 0 atom stereocenters. The SMILES string of the molecule is c1cc(-c2c3ccccc3c(-c3ccc4c(-c5ccc6ccccc6c5)c5ccccc5c(-c5ccc6ccccc6c5)c4c3)c3ccccc23)cc(-n2c3ccccc3c3ccccc32)c1. The van der Waals surface area contributed by atoms with E-state index < -0.39 is 0 Å². The molecule has 1 aromatic heterocycles. The third-order valence-electron chi connectivity index (χ3n) is 14.3. The molecule has 0 aliphatic carbocycles. The van der Waals surface area contributed by atoms with Gasteiger partial charge >= 0.3 is 0 Å². The summed E-state index contributed by atoms with van der Waals surface area (Å²) in [6.45, 7) is 0. The van der Waals surface area contributed by atoms with E-state index in [2.05, 4.69) is 253 Å². The van der Waals surface area contributed by atoms with Crippen molar-refractivity contribution in [2.24, 2.45) is 0 Å². The lowest BCUT2D eigenvalue weighted by atomic mass is 9.82. The summed E-state index contributed by atoms with van der Waals surface area (Å²) in [5.74, 6) is 0. The van der Waals surface area contributed by atoms with Gasteiger partial charge in [-0.2, -0.15) is 0 Å². The number of hydrogen-bond acceptors (Lipinski definition) is 0. The van der Waals surface area contributed by atoms with Gasteiger partial charge in [0.25, 0.3) is 0 Å². The minimum atomic E-state index is 1.15. The van der Waals surface area contributed by atoms with Crippen LogP contribution < -0.4 is 0 Å². The molecule has 0 saturated carbocycles. The first kappa shape index (κ1) is 37.6. The molecule has 0 fully saturated rings. The van der Waals surface area contributed by atoms with Gasteiger partial charge in [0.1, 0.15) is 0 Å². The summed E-state index contributed by atoms with van der Waals surface area (Å²) in [5.41, 5.74) is 13.4. The highest BCUT2D eigenvalue weighted by Gasteiger charge is 2.22.